The summed E-state index contributed by atoms with van der Waals surface area (Å²) >= 11 is 0. The number of aliphatic imine (C=N–C) groups is 1. The van der Waals surface area contributed by atoms with Crippen LogP contribution in [0, 0.1) is 0 Å². The van der Waals surface area contributed by atoms with Crippen molar-refractivity contribution in [1.82, 2.24) is 0 Å². The number of rotatable bonds is 8. The zero-order chi connectivity index (χ0) is 16.4. The highest BCUT2D eigenvalue weighted by molar-refractivity contribution is 5.93. The van der Waals surface area contributed by atoms with Crippen LogP contribution in [0.2, 0.25) is 0 Å². The van der Waals surface area contributed by atoms with Crippen molar-refractivity contribution in [1.29, 1.82) is 0 Å². The van der Waals surface area contributed by atoms with Crippen LogP contribution in [0.25, 0.3) is 0 Å². The van der Waals surface area contributed by atoms with Crippen molar-refractivity contribution in [2.75, 3.05) is 19.0 Å². The van der Waals surface area contributed by atoms with Gasteiger partial charge in [-0.1, -0.05) is 32.0 Å². The fourth-order valence-corrected chi connectivity index (χ4v) is 2.25. The predicted octanol–water partition coefficient (Wildman–Crippen LogP) is 2.88. The van der Waals surface area contributed by atoms with Gasteiger partial charge in [0, 0.05) is 18.7 Å². The number of methoxy groups -OCH3 is 1. The van der Waals surface area contributed by atoms with Crippen molar-refractivity contribution in [2.24, 2.45) is 10.7 Å². The Hall–Kier alpha value is -2.04. The second-order valence-electron chi connectivity index (χ2n) is 5.08. The van der Waals surface area contributed by atoms with Crippen LogP contribution >= 0.6 is 0 Å². The Kier molecular flexibility index (Phi) is 8.04. The van der Waals surface area contributed by atoms with Crippen LogP contribution in [0.4, 0.5) is 5.69 Å². The SMILES string of the molecule is CCc1cccc(CC)c1NC(N)=NCCCCC(=O)OC. The molecule has 1 aromatic rings. The lowest BCUT2D eigenvalue weighted by molar-refractivity contribution is -0.140. The number of para-hydroxylation sites is 1. The Balaban J connectivity index is 2.55. The largest absolute Gasteiger partial charge is 0.469 e. The van der Waals surface area contributed by atoms with E-state index in [4.69, 9.17) is 5.73 Å². The lowest BCUT2D eigenvalue weighted by Crippen LogP contribution is -2.24. The molecule has 0 saturated heterocycles. The van der Waals surface area contributed by atoms with E-state index in [0.29, 0.717) is 18.9 Å². The molecule has 5 heteroatoms. The van der Waals surface area contributed by atoms with E-state index in [2.05, 4.69) is 47.1 Å². The minimum absolute atomic E-state index is 0.181. The van der Waals surface area contributed by atoms with Gasteiger partial charge in [-0.15, -0.1) is 0 Å². The van der Waals surface area contributed by atoms with Crippen molar-refractivity contribution < 1.29 is 9.53 Å². The molecule has 0 heterocycles. The highest BCUT2D eigenvalue weighted by Crippen LogP contribution is 2.22. The van der Waals surface area contributed by atoms with Gasteiger partial charge in [-0.2, -0.15) is 0 Å². The molecule has 0 fully saturated rings. The van der Waals surface area contributed by atoms with E-state index in [0.717, 1.165) is 31.4 Å². The molecule has 0 atom stereocenters. The maximum Gasteiger partial charge on any atom is 0.305 e. The Morgan fingerprint density at radius 1 is 1.23 bits per heavy atom. The van der Waals surface area contributed by atoms with Gasteiger partial charge in [0.25, 0.3) is 0 Å². The molecular formula is C17H27N3O2. The average Bonchev–Trinajstić information content (AvgIpc) is 2.54. The summed E-state index contributed by atoms with van der Waals surface area (Å²) in [5, 5.41) is 3.23. The van der Waals surface area contributed by atoms with Gasteiger partial charge in [0.15, 0.2) is 5.96 Å². The first kappa shape index (κ1) is 18.0. The van der Waals surface area contributed by atoms with Crippen LogP contribution < -0.4 is 11.1 Å². The van der Waals surface area contributed by atoms with Crippen molar-refractivity contribution in [3.63, 3.8) is 0 Å². The molecule has 22 heavy (non-hydrogen) atoms. The number of guanidine groups is 1. The summed E-state index contributed by atoms with van der Waals surface area (Å²) in [5.41, 5.74) is 9.52. The van der Waals surface area contributed by atoms with Gasteiger partial charge in [-0.05, 0) is 36.8 Å². The van der Waals surface area contributed by atoms with Crippen LogP contribution in [-0.4, -0.2) is 25.6 Å². The molecule has 0 spiro atoms. The molecule has 1 aromatic carbocycles. The minimum Gasteiger partial charge on any atom is -0.469 e. The van der Waals surface area contributed by atoms with Gasteiger partial charge >= 0.3 is 5.97 Å². The van der Waals surface area contributed by atoms with E-state index in [-0.39, 0.29) is 5.97 Å². The molecule has 0 unspecified atom stereocenters. The number of aryl methyl sites for hydroxylation is 2. The van der Waals surface area contributed by atoms with Crippen LogP contribution in [0.1, 0.15) is 44.2 Å². The van der Waals surface area contributed by atoms with Crippen LogP contribution in [0.3, 0.4) is 0 Å². The van der Waals surface area contributed by atoms with Crippen LogP contribution in [0.5, 0.6) is 0 Å². The number of anilines is 1. The highest BCUT2D eigenvalue weighted by Gasteiger charge is 2.07. The van der Waals surface area contributed by atoms with E-state index in [9.17, 15) is 4.79 Å². The van der Waals surface area contributed by atoms with E-state index >= 15 is 0 Å². The van der Waals surface area contributed by atoms with Gasteiger partial charge in [0.1, 0.15) is 0 Å². The zero-order valence-electron chi connectivity index (χ0n) is 13.8. The zero-order valence-corrected chi connectivity index (χ0v) is 13.8. The summed E-state index contributed by atoms with van der Waals surface area (Å²) in [6.07, 6.45) is 3.89. The third-order valence-electron chi connectivity index (χ3n) is 3.55. The number of esters is 1. The van der Waals surface area contributed by atoms with E-state index in [1.165, 1.54) is 18.2 Å². The fraction of sp³-hybridized carbons (Fsp3) is 0.529. The molecule has 1 rings (SSSR count). The Morgan fingerprint density at radius 2 is 1.86 bits per heavy atom. The molecule has 0 aromatic heterocycles. The third kappa shape index (κ3) is 5.76. The van der Waals surface area contributed by atoms with Gasteiger partial charge in [0.05, 0.1) is 7.11 Å². The van der Waals surface area contributed by atoms with Gasteiger partial charge in [0.2, 0.25) is 0 Å². The number of carbonyl (C=O) groups excluding carboxylic acids is 1. The van der Waals surface area contributed by atoms with E-state index in [1.807, 2.05) is 0 Å². The van der Waals surface area contributed by atoms with Crippen LogP contribution in [0.15, 0.2) is 23.2 Å². The summed E-state index contributed by atoms with van der Waals surface area (Å²) in [6.45, 7) is 4.85. The first-order valence-electron chi connectivity index (χ1n) is 7.86. The number of benzene rings is 1. The predicted molar refractivity (Wildman–Crippen MR) is 91.2 cm³/mol. The molecule has 0 amide bonds. The number of nitrogens with two attached hydrogens (primary N) is 1. The standard InChI is InChI=1S/C17H27N3O2/c1-4-13-9-8-10-14(5-2)16(13)20-17(18)19-12-7-6-11-15(21)22-3/h8-10H,4-7,11-12H2,1-3H3,(H3,18,19,20). The highest BCUT2D eigenvalue weighted by atomic mass is 16.5. The number of hydrogen-bond donors (Lipinski definition) is 2. The molecule has 122 valence electrons. The normalized spacial score (nSPS) is 11.3. The van der Waals surface area contributed by atoms with E-state index < -0.39 is 0 Å². The number of hydrogen-bond acceptors (Lipinski definition) is 3. The Bertz CT molecular complexity index is 490. The molecule has 5 nitrogen and oxygen atoms in total. The lowest BCUT2D eigenvalue weighted by atomic mass is 10.0. The number of carbonyl (C=O) groups is 1. The summed E-state index contributed by atoms with van der Waals surface area (Å²) < 4.78 is 4.60. The first-order chi connectivity index (χ1) is 10.6. The molecule has 0 bridgehead atoms. The van der Waals surface area contributed by atoms with Gasteiger partial charge in [-0.3, -0.25) is 9.79 Å². The summed E-state index contributed by atoms with van der Waals surface area (Å²) in [7, 11) is 1.40. The van der Waals surface area contributed by atoms with Crippen molar-refractivity contribution in [2.45, 2.75) is 46.0 Å². The summed E-state index contributed by atoms with van der Waals surface area (Å²) in [4.78, 5) is 15.3. The monoisotopic (exact) mass is 305 g/mol. The molecular weight excluding hydrogens is 278 g/mol. The maximum absolute atomic E-state index is 11.0. The molecule has 0 aliphatic heterocycles. The smallest absolute Gasteiger partial charge is 0.305 e. The van der Waals surface area contributed by atoms with Crippen molar-refractivity contribution >= 4 is 17.6 Å². The fourth-order valence-electron chi connectivity index (χ4n) is 2.25. The van der Waals surface area contributed by atoms with Gasteiger partial charge < -0.3 is 15.8 Å². The maximum atomic E-state index is 11.0. The van der Waals surface area contributed by atoms with Crippen molar-refractivity contribution in [3.05, 3.63) is 29.3 Å². The number of nitrogens with one attached hydrogen (secondary N) is 1. The summed E-state index contributed by atoms with van der Waals surface area (Å²) in [6, 6.07) is 6.28. The quantitative estimate of drug-likeness (QED) is 0.335. The lowest BCUT2D eigenvalue weighted by Gasteiger charge is -2.14. The second kappa shape index (κ2) is 9.82. The molecule has 0 aliphatic carbocycles. The van der Waals surface area contributed by atoms with Gasteiger partial charge in [-0.25, -0.2) is 0 Å². The van der Waals surface area contributed by atoms with E-state index in [1.54, 1.807) is 0 Å². The summed E-state index contributed by atoms with van der Waals surface area (Å²) in [5.74, 6) is 0.244. The Labute approximate surface area is 133 Å². The third-order valence-corrected chi connectivity index (χ3v) is 3.55. The number of nitrogens with zero attached hydrogens (tertiary/aromatic N) is 1. The number of ether oxygens (including phenoxy) is 1. The van der Waals surface area contributed by atoms with Crippen LogP contribution in [-0.2, 0) is 22.4 Å². The molecule has 0 saturated carbocycles. The van der Waals surface area contributed by atoms with Crippen molar-refractivity contribution in [3.8, 4) is 0 Å². The topological polar surface area (TPSA) is 76.7 Å². The number of unbranched alkanes of at least 4 members (excludes halogenated alkanes) is 1. The molecule has 0 radical (unpaired) electrons. The second-order valence-corrected chi connectivity index (χ2v) is 5.08. The molecule has 3 N–H and O–H groups in total. The average molecular weight is 305 g/mol. The first-order valence-corrected chi connectivity index (χ1v) is 7.86. The Morgan fingerprint density at radius 3 is 2.41 bits per heavy atom. The molecule has 0 aliphatic rings. The minimum atomic E-state index is -0.181.